The van der Waals surface area contributed by atoms with Crippen LogP contribution < -0.4 is 4.74 Å². The van der Waals surface area contributed by atoms with Crippen molar-refractivity contribution in [3.63, 3.8) is 0 Å². The van der Waals surface area contributed by atoms with E-state index in [4.69, 9.17) is 4.74 Å². The van der Waals surface area contributed by atoms with Crippen LogP contribution in [-0.2, 0) is 4.79 Å². The Hall–Kier alpha value is -3.15. The number of amides is 1. The van der Waals surface area contributed by atoms with Crippen molar-refractivity contribution in [2.24, 2.45) is 0 Å². The van der Waals surface area contributed by atoms with Gasteiger partial charge in [0.05, 0.1) is 18.1 Å². The molecule has 0 radical (unpaired) electrons. The highest BCUT2D eigenvalue weighted by atomic mass is 16.6. The molecule has 1 aliphatic rings. The minimum atomic E-state index is -0.435. The largest absolute Gasteiger partial charge is 0.497 e. The van der Waals surface area contributed by atoms with E-state index in [9.17, 15) is 14.9 Å². The Morgan fingerprint density at radius 1 is 1.11 bits per heavy atom. The lowest BCUT2D eigenvalue weighted by Gasteiger charge is -2.29. The minimum absolute atomic E-state index is 0.0376. The summed E-state index contributed by atoms with van der Waals surface area (Å²) in [5, 5.41) is 10.7. The van der Waals surface area contributed by atoms with Crippen molar-refractivity contribution >= 4 is 17.7 Å². The van der Waals surface area contributed by atoms with Crippen molar-refractivity contribution in [2.75, 3.05) is 13.7 Å². The summed E-state index contributed by atoms with van der Waals surface area (Å²) >= 11 is 0. The summed E-state index contributed by atoms with van der Waals surface area (Å²) in [6, 6.07) is 14.1. The molecular weight excluding hydrogens is 356 g/mol. The van der Waals surface area contributed by atoms with E-state index in [1.54, 1.807) is 31.4 Å². The maximum absolute atomic E-state index is 12.9. The molecule has 1 atom stereocenters. The van der Waals surface area contributed by atoms with Gasteiger partial charge in [-0.25, -0.2) is 0 Å². The van der Waals surface area contributed by atoms with Crippen LogP contribution >= 0.6 is 0 Å². The second-order valence-electron chi connectivity index (χ2n) is 6.85. The third-order valence-corrected chi connectivity index (χ3v) is 5.06. The smallest absolute Gasteiger partial charge is 0.269 e. The van der Waals surface area contributed by atoms with Gasteiger partial charge >= 0.3 is 0 Å². The maximum atomic E-state index is 12.9. The predicted molar refractivity (Wildman–Crippen MR) is 108 cm³/mol. The van der Waals surface area contributed by atoms with Crippen molar-refractivity contribution in [1.82, 2.24) is 4.90 Å². The van der Waals surface area contributed by atoms with Crippen LogP contribution in [-0.4, -0.2) is 29.4 Å². The quantitative estimate of drug-likeness (QED) is 0.426. The first-order valence-electron chi connectivity index (χ1n) is 9.45. The molecule has 0 spiro atoms. The molecule has 0 N–H and O–H groups in total. The molecule has 6 nitrogen and oxygen atoms in total. The van der Waals surface area contributed by atoms with Crippen molar-refractivity contribution in [1.29, 1.82) is 0 Å². The Labute approximate surface area is 164 Å². The maximum Gasteiger partial charge on any atom is 0.269 e. The fourth-order valence-corrected chi connectivity index (χ4v) is 3.52. The average molecular weight is 380 g/mol. The molecule has 0 bridgehead atoms. The topological polar surface area (TPSA) is 72.7 Å². The third-order valence-electron chi connectivity index (χ3n) is 5.06. The van der Waals surface area contributed by atoms with Crippen LogP contribution in [0.25, 0.3) is 6.08 Å². The first-order valence-corrected chi connectivity index (χ1v) is 9.45. The first-order chi connectivity index (χ1) is 13.6. The summed E-state index contributed by atoms with van der Waals surface area (Å²) < 4.78 is 5.23. The summed E-state index contributed by atoms with van der Waals surface area (Å²) in [5.74, 6) is 0.759. The number of carbonyl (C=O) groups excluding carboxylic acids is 1. The molecule has 1 heterocycles. The zero-order valence-corrected chi connectivity index (χ0v) is 15.9. The number of ether oxygens (including phenoxy) is 1. The lowest BCUT2D eigenvalue weighted by molar-refractivity contribution is -0.384. The van der Waals surface area contributed by atoms with Gasteiger partial charge in [-0.2, -0.15) is 0 Å². The molecule has 2 aromatic rings. The van der Waals surface area contributed by atoms with Gasteiger partial charge in [0.2, 0.25) is 5.91 Å². The second-order valence-corrected chi connectivity index (χ2v) is 6.85. The molecule has 2 aromatic carbocycles. The highest BCUT2D eigenvalue weighted by Crippen LogP contribution is 2.31. The van der Waals surface area contributed by atoms with Crippen LogP contribution in [0.2, 0.25) is 0 Å². The number of nitro groups is 1. The summed E-state index contributed by atoms with van der Waals surface area (Å²) in [6.07, 6.45) is 7.40. The number of methoxy groups -OCH3 is 1. The molecule has 0 aromatic heterocycles. The average Bonchev–Trinajstić information content (AvgIpc) is 2.98. The van der Waals surface area contributed by atoms with Crippen molar-refractivity contribution in [2.45, 2.75) is 31.7 Å². The molecule has 0 aliphatic carbocycles. The zero-order chi connectivity index (χ0) is 19.9. The fourth-order valence-electron chi connectivity index (χ4n) is 3.52. The molecular formula is C22H24N2O4. The predicted octanol–water partition coefficient (Wildman–Crippen LogP) is 4.76. The Bertz CT molecular complexity index is 844. The fraction of sp³-hybridized carbons (Fsp3) is 0.318. The number of benzene rings is 2. The number of hydrogen-bond acceptors (Lipinski definition) is 4. The van der Waals surface area contributed by atoms with Gasteiger partial charge in [0.15, 0.2) is 0 Å². The summed E-state index contributed by atoms with van der Waals surface area (Å²) in [5.41, 5.74) is 1.91. The van der Waals surface area contributed by atoms with Crippen LogP contribution in [0.15, 0.2) is 54.6 Å². The van der Waals surface area contributed by atoms with Crippen molar-refractivity contribution in [3.05, 3.63) is 75.8 Å². The molecule has 146 valence electrons. The molecule has 1 fully saturated rings. The van der Waals surface area contributed by atoms with Gasteiger partial charge in [0.25, 0.3) is 5.69 Å². The van der Waals surface area contributed by atoms with E-state index in [1.165, 1.54) is 12.1 Å². The van der Waals surface area contributed by atoms with Gasteiger partial charge in [-0.1, -0.05) is 25.0 Å². The van der Waals surface area contributed by atoms with Crippen LogP contribution in [0, 0.1) is 10.1 Å². The van der Waals surface area contributed by atoms with Gasteiger partial charge in [0, 0.05) is 24.8 Å². The number of rotatable bonds is 5. The number of hydrogen-bond donors (Lipinski definition) is 0. The van der Waals surface area contributed by atoms with Crippen molar-refractivity contribution in [3.8, 4) is 5.75 Å². The monoisotopic (exact) mass is 380 g/mol. The van der Waals surface area contributed by atoms with Gasteiger partial charge in [0.1, 0.15) is 5.75 Å². The van der Waals surface area contributed by atoms with E-state index >= 15 is 0 Å². The normalized spacial score (nSPS) is 17.3. The van der Waals surface area contributed by atoms with Crippen LogP contribution in [0.5, 0.6) is 5.75 Å². The van der Waals surface area contributed by atoms with E-state index in [1.807, 2.05) is 29.2 Å². The molecule has 6 heteroatoms. The van der Waals surface area contributed by atoms with E-state index in [0.29, 0.717) is 0 Å². The number of likely N-dealkylation sites (tertiary alicyclic amines) is 1. The van der Waals surface area contributed by atoms with Crippen LogP contribution in [0.3, 0.4) is 0 Å². The zero-order valence-electron chi connectivity index (χ0n) is 15.9. The van der Waals surface area contributed by atoms with E-state index in [0.717, 1.165) is 49.1 Å². The SMILES string of the molecule is COc1ccc(C2CCCCCN2C(=O)/C=C/c2ccc([N+](=O)[O-])cc2)cc1. The molecule has 28 heavy (non-hydrogen) atoms. The summed E-state index contributed by atoms with van der Waals surface area (Å²) in [6.45, 7) is 0.722. The molecule has 0 saturated carbocycles. The highest BCUT2D eigenvalue weighted by Gasteiger charge is 2.25. The van der Waals surface area contributed by atoms with Crippen LogP contribution in [0.4, 0.5) is 5.69 Å². The Morgan fingerprint density at radius 3 is 2.46 bits per heavy atom. The molecule has 3 rings (SSSR count). The van der Waals surface area contributed by atoms with Crippen LogP contribution in [0.1, 0.15) is 42.9 Å². The van der Waals surface area contributed by atoms with Gasteiger partial charge < -0.3 is 9.64 Å². The second kappa shape index (κ2) is 9.17. The number of nitrogens with zero attached hydrogens (tertiary/aromatic N) is 2. The lowest BCUT2D eigenvalue weighted by Crippen LogP contribution is -2.33. The van der Waals surface area contributed by atoms with Gasteiger partial charge in [-0.15, -0.1) is 0 Å². The number of nitro benzene ring substituents is 1. The van der Waals surface area contributed by atoms with E-state index in [2.05, 4.69) is 0 Å². The Balaban J connectivity index is 1.76. The summed E-state index contributed by atoms with van der Waals surface area (Å²) in [4.78, 5) is 25.2. The lowest BCUT2D eigenvalue weighted by atomic mass is 10.0. The highest BCUT2D eigenvalue weighted by molar-refractivity contribution is 5.92. The minimum Gasteiger partial charge on any atom is -0.497 e. The van der Waals surface area contributed by atoms with E-state index in [-0.39, 0.29) is 17.6 Å². The molecule has 1 amide bonds. The first kappa shape index (κ1) is 19.6. The van der Waals surface area contributed by atoms with Gasteiger partial charge in [-0.3, -0.25) is 14.9 Å². The van der Waals surface area contributed by atoms with E-state index < -0.39 is 4.92 Å². The molecule has 1 aliphatic heterocycles. The number of non-ortho nitro benzene ring substituents is 1. The number of carbonyl (C=O) groups is 1. The van der Waals surface area contributed by atoms with Crippen molar-refractivity contribution < 1.29 is 14.5 Å². The Morgan fingerprint density at radius 2 is 1.82 bits per heavy atom. The molecule has 1 unspecified atom stereocenters. The van der Waals surface area contributed by atoms with Gasteiger partial charge in [-0.05, 0) is 54.3 Å². The summed E-state index contributed by atoms with van der Waals surface area (Å²) in [7, 11) is 1.64. The molecule has 1 saturated heterocycles. The standard InChI is InChI=1S/C22H24N2O4/c1-28-20-13-9-18(10-14-20)21-5-3-2-4-16-23(21)22(25)15-8-17-6-11-19(12-7-17)24(26)27/h6-15,21H,2-5,16H2,1H3/b15-8+. The third kappa shape index (κ3) is 4.76. The Kier molecular flexibility index (Phi) is 6.42.